The maximum Gasteiger partial charge on any atom is 0.338 e. The first-order valence-corrected chi connectivity index (χ1v) is 12.1. The standard InChI is InChI=1S/C25H21BrN2O5S/c1-4-32-24(31)21-14(2)27-25-28(22(21)17-8-10-19(11-9-17)33-15(3)29)23(30)20(34-25)13-16-6-5-7-18(26)12-16/h5-13,22H,4H2,1-3H3/b20-13+/t22-/m1/s1. The van der Waals surface area contributed by atoms with Gasteiger partial charge in [-0.25, -0.2) is 9.79 Å². The molecule has 2 aromatic carbocycles. The van der Waals surface area contributed by atoms with Crippen molar-refractivity contribution in [2.75, 3.05) is 6.61 Å². The predicted octanol–water partition coefficient (Wildman–Crippen LogP) is 3.49. The highest BCUT2D eigenvalue weighted by Gasteiger charge is 2.33. The Morgan fingerprint density at radius 1 is 1.21 bits per heavy atom. The Balaban J connectivity index is 1.91. The summed E-state index contributed by atoms with van der Waals surface area (Å²) in [5.41, 5.74) is 2.06. The minimum Gasteiger partial charge on any atom is -0.463 e. The van der Waals surface area contributed by atoms with Gasteiger partial charge in [-0.1, -0.05) is 51.5 Å². The summed E-state index contributed by atoms with van der Waals surface area (Å²) >= 11 is 4.71. The van der Waals surface area contributed by atoms with Crippen LogP contribution in [-0.4, -0.2) is 23.1 Å². The van der Waals surface area contributed by atoms with Crippen LogP contribution in [0.15, 0.2) is 74.1 Å². The summed E-state index contributed by atoms with van der Waals surface area (Å²) in [5, 5.41) is 0. The highest BCUT2D eigenvalue weighted by molar-refractivity contribution is 9.10. The van der Waals surface area contributed by atoms with Gasteiger partial charge in [-0.2, -0.15) is 0 Å². The first kappa shape index (κ1) is 23.8. The Kier molecular flexibility index (Phi) is 6.95. The SMILES string of the molecule is CCOC(=O)C1=C(C)N=c2s/c(=C/c3cccc(Br)c3)c(=O)n2[C@@H]1c1ccc(OC(C)=O)cc1. The minimum absolute atomic E-state index is 0.195. The summed E-state index contributed by atoms with van der Waals surface area (Å²) in [7, 11) is 0. The number of fused-ring (bicyclic) bond motifs is 1. The molecular formula is C25H21BrN2O5S. The summed E-state index contributed by atoms with van der Waals surface area (Å²) in [4.78, 5) is 42.8. The molecule has 174 valence electrons. The number of carbonyl (C=O) groups excluding carboxylic acids is 2. The number of allylic oxidation sites excluding steroid dienone is 1. The third-order valence-electron chi connectivity index (χ3n) is 5.12. The van der Waals surface area contributed by atoms with Gasteiger partial charge in [-0.15, -0.1) is 0 Å². The van der Waals surface area contributed by atoms with E-state index < -0.39 is 18.0 Å². The van der Waals surface area contributed by atoms with Crippen molar-refractivity contribution < 1.29 is 19.1 Å². The van der Waals surface area contributed by atoms with Gasteiger partial charge in [0.05, 0.1) is 28.5 Å². The second-order valence-corrected chi connectivity index (χ2v) is 9.44. The Morgan fingerprint density at radius 3 is 2.59 bits per heavy atom. The number of ether oxygens (including phenoxy) is 2. The quantitative estimate of drug-likeness (QED) is 0.365. The zero-order valence-corrected chi connectivity index (χ0v) is 21.1. The van der Waals surface area contributed by atoms with Crippen molar-refractivity contribution in [1.82, 2.24) is 4.57 Å². The van der Waals surface area contributed by atoms with Gasteiger partial charge in [-0.05, 0) is 55.3 Å². The Hall–Kier alpha value is -3.30. The number of hydrogen-bond donors (Lipinski definition) is 0. The molecule has 0 saturated carbocycles. The molecule has 7 nitrogen and oxygen atoms in total. The highest BCUT2D eigenvalue weighted by atomic mass is 79.9. The lowest BCUT2D eigenvalue weighted by Gasteiger charge is -2.24. The van der Waals surface area contributed by atoms with E-state index in [9.17, 15) is 14.4 Å². The number of esters is 2. The lowest BCUT2D eigenvalue weighted by atomic mass is 9.96. The molecule has 0 radical (unpaired) electrons. The monoisotopic (exact) mass is 540 g/mol. The Labute approximate surface area is 207 Å². The molecule has 1 aliphatic rings. The summed E-state index contributed by atoms with van der Waals surface area (Å²) in [6.07, 6.45) is 1.80. The number of benzene rings is 2. The topological polar surface area (TPSA) is 87.0 Å². The third-order valence-corrected chi connectivity index (χ3v) is 6.60. The average molecular weight is 541 g/mol. The van der Waals surface area contributed by atoms with E-state index in [2.05, 4.69) is 20.9 Å². The van der Waals surface area contributed by atoms with Crippen LogP contribution in [0.1, 0.15) is 37.9 Å². The van der Waals surface area contributed by atoms with E-state index in [0.717, 1.165) is 10.0 Å². The molecule has 0 saturated heterocycles. The number of aromatic nitrogens is 1. The molecule has 0 aliphatic carbocycles. The van der Waals surface area contributed by atoms with E-state index >= 15 is 0 Å². The lowest BCUT2D eigenvalue weighted by molar-refractivity contribution is -0.139. The molecule has 1 aromatic heterocycles. The van der Waals surface area contributed by atoms with Crippen LogP contribution in [0.5, 0.6) is 5.75 Å². The second-order valence-electron chi connectivity index (χ2n) is 7.52. The number of thiazole rings is 1. The van der Waals surface area contributed by atoms with Crippen LogP contribution in [0.4, 0.5) is 0 Å². The maximum absolute atomic E-state index is 13.6. The number of hydrogen-bond acceptors (Lipinski definition) is 7. The van der Waals surface area contributed by atoms with Gasteiger partial charge in [0.15, 0.2) is 4.80 Å². The lowest BCUT2D eigenvalue weighted by Crippen LogP contribution is -2.39. The molecule has 9 heteroatoms. The molecule has 3 aromatic rings. The molecule has 0 spiro atoms. The summed E-state index contributed by atoms with van der Waals surface area (Å²) in [6, 6.07) is 13.6. The predicted molar refractivity (Wildman–Crippen MR) is 132 cm³/mol. The largest absolute Gasteiger partial charge is 0.463 e. The Morgan fingerprint density at radius 2 is 1.94 bits per heavy atom. The second kappa shape index (κ2) is 9.90. The van der Waals surface area contributed by atoms with Crippen molar-refractivity contribution in [2.45, 2.75) is 26.8 Å². The smallest absolute Gasteiger partial charge is 0.338 e. The van der Waals surface area contributed by atoms with E-state index in [1.807, 2.05) is 24.3 Å². The van der Waals surface area contributed by atoms with Crippen LogP contribution in [0.25, 0.3) is 6.08 Å². The van der Waals surface area contributed by atoms with Crippen molar-refractivity contribution in [1.29, 1.82) is 0 Å². The van der Waals surface area contributed by atoms with Crippen molar-refractivity contribution in [3.63, 3.8) is 0 Å². The minimum atomic E-state index is -0.730. The normalized spacial score (nSPS) is 15.5. The number of halogens is 1. The van der Waals surface area contributed by atoms with Gasteiger partial charge < -0.3 is 9.47 Å². The van der Waals surface area contributed by atoms with Crippen molar-refractivity contribution in [2.24, 2.45) is 4.99 Å². The molecule has 0 unspecified atom stereocenters. The fraction of sp³-hybridized carbons (Fsp3) is 0.200. The van der Waals surface area contributed by atoms with Crippen LogP contribution < -0.4 is 19.6 Å². The maximum atomic E-state index is 13.6. The van der Waals surface area contributed by atoms with Gasteiger partial charge in [-0.3, -0.25) is 14.2 Å². The van der Waals surface area contributed by atoms with E-state index in [1.165, 1.54) is 22.8 Å². The van der Waals surface area contributed by atoms with Gasteiger partial charge in [0, 0.05) is 11.4 Å². The fourth-order valence-corrected chi connectivity index (χ4v) is 5.20. The molecule has 2 heterocycles. The van der Waals surface area contributed by atoms with Gasteiger partial charge >= 0.3 is 11.9 Å². The molecule has 0 amide bonds. The molecule has 4 rings (SSSR count). The average Bonchev–Trinajstić information content (AvgIpc) is 3.07. The molecule has 1 atom stereocenters. The van der Waals surface area contributed by atoms with E-state index in [4.69, 9.17) is 9.47 Å². The van der Waals surface area contributed by atoms with Crippen LogP contribution in [0.3, 0.4) is 0 Å². The van der Waals surface area contributed by atoms with Crippen LogP contribution in [0.2, 0.25) is 0 Å². The Bertz CT molecular complexity index is 1480. The fourth-order valence-electron chi connectivity index (χ4n) is 3.74. The van der Waals surface area contributed by atoms with Crippen LogP contribution in [0, 0.1) is 0 Å². The van der Waals surface area contributed by atoms with E-state index in [1.54, 1.807) is 44.2 Å². The number of carbonyl (C=O) groups is 2. The molecule has 0 bridgehead atoms. The summed E-state index contributed by atoms with van der Waals surface area (Å²) in [5.74, 6) is -0.591. The molecular weight excluding hydrogens is 520 g/mol. The summed E-state index contributed by atoms with van der Waals surface area (Å²) in [6.45, 7) is 4.98. The van der Waals surface area contributed by atoms with Gasteiger partial charge in [0.25, 0.3) is 5.56 Å². The van der Waals surface area contributed by atoms with Gasteiger partial charge in [0.1, 0.15) is 5.75 Å². The molecule has 0 fully saturated rings. The van der Waals surface area contributed by atoms with Gasteiger partial charge in [0.2, 0.25) is 0 Å². The van der Waals surface area contributed by atoms with Crippen molar-refractivity contribution in [3.8, 4) is 5.75 Å². The molecule has 1 aliphatic heterocycles. The summed E-state index contributed by atoms with van der Waals surface area (Å²) < 4.78 is 13.3. The van der Waals surface area contributed by atoms with Crippen LogP contribution >= 0.6 is 27.3 Å². The highest BCUT2D eigenvalue weighted by Crippen LogP contribution is 2.31. The van der Waals surface area contributed by atoms with Crippen LogP contribution in [-0.2, 0) is 14.3 Å². The molecule has 34 heavy (non-hydrogen) atoms. The number of rotatable bonds is 5. The van der Waals surface area contributed by atoms with Crippen molar-refractivity contribution >= 4 is 45.3 Å². The van der Waals surface area contributed by atoms with E-state index in [-0.39, 0.29) is 12.2 Å². The van der Waals surface area contributed by atoms with E-state index in [0.29, 0.717) is 31.9 Å². The first-order valence-electron chi connectivity index (χ1n) is 10.5. The molecule has 0 N–H and O–H groups in total. The number of nitrogens with zero attached hydrogens (tertiary/aromatic N) is 2. The first-order chi connectivity index (χ1) is 16.3. The third kappa shape index (κ3) is 4.80. The van der Waals surface area contributed by atoms with Crippen molar-refractivity contribution in [3.05, 3.63) is 95.1 Å². The zero-order valence-electron chi connectivity index (χ0n) is 18.7. The zero-order chi connectivity index (χ0) is 24.4.